The van der Waals surface area contributed by atoms with Crippen molar-refractivity contribution >= 4 is 28.5 Å². The van der Waals surface area contributed by atoms with Gasteiger partial charge in [-0.25, -0.2) is 0 Å². The Hall–Kier alpha value is -0.315. The Morgan fingerprint density at radius 1 is 1.06 bits per heavy atom. The minimum absolute atomic E-state index is 0.275. The average Bonchev–Trinajstić information content (AvgIpc) is 2.36. The topological polar surface area (TPSA) is 18.5 Å². The van der Waals surface area contributed by atoms with E-state index in [1.54, 1.807) is 0 Å². The third-order valence-corrected chi connectivity index (χ3v) is 3.87. The molecule has 2 rings (SSSR count). The van der Waals surface area contributed by atoms with Gasteiger partial charge in [0.25, 0.3) is 0 Å². The van der Waals surface area contributed by atoms with E-state index in [4.69, 9.17) is 9.31 Å². The lowest BCUT2D eigenvalue weighted by Gasteiger charge is -2.32. The lowest BCUT2D eigenvalue weighted by atomic mass is 9.79. The van der Waals surface area contributed by atoms with E-state index < -0.39 is 0 Å². The number of halogens is 1. The van der Waals surface area contributed by atoms with Crippen molar-refractivity contribution in [2.75, 3.05) is 0 Å². The number of hydrogen-bond donors (Lipinski definition) is 0. The van der Waals surface area contributed by atoms with Crippen LogP contribution in [0.25, 0.3) is 0 Å². The van der Waals surface area contributed by atoms with Gasteiger partial charge in [0, 0.05) is 4.47 Å². The van der Waals surface area contributed by atoms with E-state index in [1.165, 1.54) is 0 Å². The molecule has 4 heteroatoms. The van der Waals surface area contributed by atoms with Crippen LogP contribution < -0.4 is 5.46 Å². The zero-order valence-electron chi connectivity index (χ0n) is 10.1. The molecular formula is C12H16BBrO2. The van der Waals surface area contributed by atoms with Crippen molar-refractivity contribution in [3.8, 4) is 0 Å². The summed E-state index contributed by atoms with van der Waals surface area (Å²) in [6.45, 7) is 8.24. The van der Waals surface area contributed by atoms with Gasteiger partial charge in [0.15, 0.2) is 0 Å². The summed E-state index contributed by atoms with van der Waals surface area (Å²) in [6, 6.07) is 8.04. The molecule has 0 bridgehead atoms. The minimum Gasteiger partial charge on any atom is -0.399 e. The predicted molar refractivity (Wildman–Crippen MR) is 69.9 cm³/mol. The molecular weight excluding hydrogens is 267 g/mol. The van der Waals surface area contributed by atoms with Gasteiger partial charge in [-0.1, -0.05) is 28.1 Å². The zero-order chi connectivity index (χ0) is 12.0. The molecule has 1 aliphatic heterocycles. The van der Waals surface area contributed by atoms with Gasteiger partial charge in [0.1, 0.15) is 0 Å². The minimum atomic E-state index is -0.278. The molecule has 1 aromatic carbocycles. The third-order valence-electron chi connectivity index (χ3n) is 3.37. The summed E-state index contributed by atoms with van der Waals surface area (Å²) in [5.41, 5.74) is 0.494. The van der Waals surface area contributed by atoms with E-state index in [9.17, 15) is 0 Å². The van der Waals surface area contributed by atoms with E-state index in [1.807, 2.05) is 24.3 Å². The summed E-state index contributed by atoms with van der Waals surface area (Å²) in [5, 5.41) is 0. The maximum Gasteiger partial charge on any atom is 0.494 e. The first-order chi connectivity index (χ1) is 7.32. The summed E-state index contributed by atoms with van der Waals surface area (Å²) in [5.74, 6) is 0. The van der Waals surface area contributed by atoms with Gasteiger partial charge in [-0.05, 0) is 45.3 Å². The van der Waals surface area contributed by atoms with Crippen LogP contribution in [-0.4, -0.2) is 18.3 Å². The van der Waals surface area contributed by atoms with Crippen LogP contribution in [0.5, 0.6) is 0 Å². The highest BCUT2D eigenvalue weighted by Gasteiger charge is 2.51. The van der Waals surface area contributed by atoms with E-state index in [0.29, 0.717) is 0 Å². The van der Waals surface area contributed by atoms with E-state index in [0.717, 1.165) is 9.94 Å². The molecule has 0 aliphatic carbocycles. The van der Waals surface area contributed by atoms with E-state index in [-0.39, 0.29) is 18.3 Å². The molecule has 0 amide bonds. The first kappa shape index (κ1) is 12.2. The fourth-order valence-electron chi connectivity index (χ4n) is 1.63. The largest absolute Gasteiger partial charge is 0.494 e. The quantitative estimate of drug-likeness (QED) is 0.738. The molecule has 16 heavy (non-hydrogen) atoms. The van der Waals surface area contributed by atoms with Crippen molar-refractivity contribution in [2.24, 2.45) is 0 Å². The van der Waals surface area contributed by atoms with Crippen molar-refractivity contribution in [2.45, 2.75) is 38.9 Å². The number of benzene rings is 1. The van der Waals surface area contributed by atoms with Crippen LogP contribution in [0.4, 0.5) is 0 Å². The lowest BCUT2D eigenvalue weighted by molar-refractivity contribution is 0.00578. The Bertz CT molecular complexity index is 388. The molecule has 0 aromatic heterocycles. The SMILES string of the molecule is CC1(C)OB(c2cccc(Br)c2)OC1(C)C. The molecule has 0 spiro atoms. The Kier molecular flexibility index (Phi) is 2.93. The van der Waals surface area contributed by atoms with E-state index in [2.05, 4.69) is 43.6 Å². The molecule has 0 saturated carbocycles. The molecule has 1 saturated heterocycles. The van der Waals surface area contributed by atoms with Crippen LogP contribution in [0.15, 0.2) is 28.7 Å². The first-order valence-corrected chi connectivity index (χ1v) is 6.22. The highest BCUT2D eigenvalue weighted by Crippen LogP contribution is 2.36. The smallest absolute Gasteiger partial charge is 0.399 e. The maximum absolute atomic E-state index is 5.96. The van der Waals surface area contributed by atoms with E-state index >= 15 is 0 Å². The van der Waals surface area contributed by atoms with Crippen LogP contribution in [0.1, 0.15) is 27.7 Å². The molecule has 86 valence electrons. The highest BCUT2D eigenvalue weighted by atomic mass is 79.9. The van der Waals surface area contributed by atoms with Crippen molar-refractivity contribution < 1.29 is 9.31 Å². The molecule has 1 heterocycles. The van der Waals surface area contributed by atoms with Gasteiger partial charge in [-0.3, -0.25) is 0 Å². The van der Waals surface area contributed by atoms with Crippen molar-refractivity contribution in [1.29, 1.82) is 0 Å². The predicted octanol–water partition coefficient (Wildman–Crippen LogP) is 2.75. The van der Waals surface area contributed by atoms with Crippen molar-refractivity contribution in [3.05, 3.63) is 28.7 Å². The van der Waals surface area contributed by atoms with Gasteiger partial charge < -0.3 is 9.31 Å². The molecule has 1 aromatic rings. The first-order valence-electron chi connectivity index (χ1n) is 5.43. The Morgan fingerprint density at radius 3 is 2.12 bits per heavy atom. The second-order valence-corrected chi connectivity index (χ2v) is 6.06. The molecule has 0 radical (unpaired) electrons. The summed E-state index contributed by atoms with van der Waals surface area (Å²) >= 11 is 3.46. The molecule has 0 unspecified atom stereocenters. The Labute approximate surface area is 106 Å². The van der Waals surface area contributed by atoms with Gasteiger partial charge in [0.05, 0.1) is 11.2 Å². The van der Waals surface area contributed by atoms with Crippen LogP contribution in [-0.2, 0) is 9.31 Å². The summed E-state index contributed by atoms with van der Waals surface area (Å²) in [4.78, 5) is 0. The van der Waals surface area contributed by atoms with Crippen LogP contribution in [0.3, 0.4) is 0 Å². The summed E-state index contributed by atoms with van der Waals surface area (Å²) in [7, 11) is -0.275. The second kappa shape index (κ2) is 3.86. The monoisotopic (exact) mass is 282 g/mol. The average molecular weight is 283 g/mol. The summed E-state index contributed by atoms with van der Waals surface area (Å²) < 4.78 is 13.0. The van der Waals surface area contributed by atoms with Gasteiger partial charge in [-0.15, -0.1) is 0 Å². The number of rotatable bonds is 1. The normalized spacial score (nSPS) is 22.4. The molecule has 1 fully saturated rings. The Balaban J connectivity index is 2.27. The third kappa shape index (κ3) is 2.06. The molecule has 0 atom stereocenters. The van der Waals surface area contributed by atoms with Gasteiger partial charge in [-0.2, -0.15) is 0 Å². The van der Waals surface area contributed by atoms with Crippen molar-refractivity contribution in [1.82, 2.24) is 0 Å². The second-order valence-electron chi connectivity index (χ2n) is 5.14. The fraction of sp³-hybridized carbons (Fsp3) is 0.500. The maximum atomic E-state index is 5.96. The molecule has 2 nitrogen and oxygen atoms in total. The fourth-order valence-corrected chi connectivity index (χ4v) is 2.05. The molecule has 0 N–H and O–H groups in total. The Morgan fingerprint density at radius 2 is 1.62 bits per heavy atom. The summed E-state index contributed by atoms with van der Waals surface area (Å²) in [6.07, 6.45) is 0. The number of hydrogen-bond acceptors (Lipinski definition) is 2. The van der Waals surface area contributed by atoms with Gasteiger partial charge >= 0.3 is 7.12 Å². The van der Waals surface area contributed by atoms with Gasteiger partial charge in [0.2, 0.25) is 0 Å². The van der Waals surface area contributed by atoms with Crippen molar-refractivity contribution in [3.63, 3.8) is 0 Å². The lowest BCUT2D eigenvalue weighted by Crippen LogP contribution is -2.41. The van der Waals surface area contributed by atoms with Crippen LogP contribution in [0.2, 0.25) is 0 Å². The highest BCUT2D eigenvalue weighted by molar-refractivity contribution is 9.10. The van der Waals surface area contributed by atoms with Crippen LogP contribution in [0, 0.1) is 0 Å². The zero-order valence-corrected chi connectivity index (χ0v) is 11.7. The van der Waals surface area contributed by atoms with Crippen LogP contribution >= 0.6 is 15.9 Å². The molecule has 1 aliphatic rings. The standard InChI is InChI=1S/C12H16BBrO2/c1-11(2)12(3,4)16-13(15-11)9-6-5-7-10(14)8-9/h5-8H,1-4H3.